The standard InChI is InChI=1S/C20H17ClFNOS/c1-11-3-7-15-17(9-11)25-19(18(15)21)20(24)23-12(2)4-5-13-10-14(22)6-8-16(13)23/h3,6-10,12H,4-5H2,1-2H3. The van der Waals surface area contributed by atoms with Crippen molar-refractivity contribution in [2.24, 2.45) is 0 Å². The zero-order chi connectivity index (χ0) is 17.7. The predicted molar refractivity (Wildman–Crippen MR) is 103 cm³/mol. The summed E-state index contributed by atoms with van der Waals surface area (Å²) in [5, 5.41) is 1.41. The van der Waals surface area contributed by atoms with Crippen LogP contribution in [0.15, 0.2) is 36.4 Å². The van der Waals surface area contributed by atoms with Gasteiger partial charge in [0.15, 0.2) is 0 Å². The molecule has 0 spiro atoms. The number of carbonyl (C=O) groups is 1. The summed E-state index contributed by atoms with van der Waals surface area (Å²) in [6, 6.07) is 10.7. The third-order valence-corrected chi connectivity index (χ3v) is 6.42. The predicted octanol–water partition coefficient (Wildman–Crippen LogP) is 5.98. The highest BCUT2D eigenvalue weighted by atomic mass is 35.5. The van der Waals surface area contributed by atoms with Crippen LogP contribution in [-0.4, -0.2) is 11.9 Å². The minimum Gasteiger partial charge on any atom is -0.305 e. The maximum absolute atomic E-state index is 13.6. The molecule has 1 atom stereocenters. The van der Waals surface area contributed by atoms with Crippen molar-refractivity contribution >= 4 is 44.6 Å². The third kappa shape index (κ3) is 2.74. The molecule has 0 bridgehead atoms. The van der Waals surface area contributed by atoms with Gasteiger partial charge in [0, 0.05) is 21.8 Å². The number of nitrogens with zero attached hydrogens (tertiary/aromatic N) is 1. The van der Waals surface area contributed by atoms with E-state index < -0.39 is 0 Å². The smallest absolute Gasteiger partial charge is 0.270 e. The van der Waals surface area contributed by atoms with Crippen molar-refractivity contribution in [1.29, 1.82) is 0 Å². The Balaban J connectivity index is 1.82. The first kappa shape index (κ1) is 16.6. The number of thiophene rings is 1. The van der Waals surface area contributed by atoms with E-state index >= 15 is 0 Å². The normalized spacial score (nSPS) is 17.0. The van der Waals surface area contributed by atoms with Crippen LogP contribution in [0.4, 0.5) is 10.1 Å². The number of rotatable bonds is 1. The van der Waals surface area contributed by atoms with Crippen LogP contribution in [0.2, 0.25) is 5.02 Å². The number of fused-ring (bicyclic) bond motifs is 2. The van der Waals surface area contributed by atoms with E-state index in [2.05, 4.69) is 0 Å². The molecule has 5 heteroatoms. The molecule has 0 radical (unpaired) electrons. The molecule has 0 saturated heterocycles. The number of anilines is 1. The van der Waals surface area contributed by atoms with Crippen molar-refractivity contribution in [3.63, 3.8) is 0 Å². The summed E-state index contributed by atoms with van der Waals surface area (Å²) in [5.74, 6) is -0.375. The van der Waals surface area contributed by atoms with E-state index in [-0.39, 0.29) is 17.8 Å². The van der Waals surface area contributed by atoms with Gasteiger partial charge in [0.2, 0.25) is 0 Å². The molecule has 2 heterocycles. The Labute approximate surface area is 154 Å². The van der Waals surface area contributed by atoms with Gasteiger partial charge in [0.1, 0.15) is 10.7 Å². The molecule has 0 aliphatic carbocycles. The van der Waals surface area contributed by atoms with Gasteiger partial charge < -0.3 is 4.90 Å². The van der Waals surface area contributed by atoms with Gasteiger partial charge in [-0.2, -0.15) is 0 Å². The van der Waals surface area contributed by atoms with E-state index in [9.17, 15) is 9.18 Å². The molecule has 25 heavy (non-hydrogen) atoms. The molecule has 0 fully saturated rings. The lowest BCUT2D eigenvalue weighted by Crippen LogP contribution is -2.42. The van der Waals surface area contributed by atoms with Crippen molar-refractivity contribution in [2.75, 3.05) is 4.90 Å². The molecule has 2 nitrogen and oxygen atoms in total. The fourth-order valence-corrected chi connectivity index (χ4v) is 5.00. The van der Waals surface area contributed by atoms with E-state index in [1.807, 2.05) is 32.0 Å². The Morgan fingerprint density at radius 2 is 2.08 bits per heavy atom. The minimum atomic E-state index is -0.268. The molecule has 128 valence electrons. The van der Waals surface area contributed by atoms with Gasteiger partial charge in [0.25, 0.3) is 5.91 Å². The first-order valence-corrected chi connectivity index (χ1v) is 9.46. The Bertz CT molecular complexity index is 997. The zero-order valence-corrected chi connectivity index (χ0v) is 15.5. The topological polar surface area (TPSA) is 20.3 Å². The molecule has 1 amide bonds. The molecule has 1 aliphatic rings. The van der Waals surface area contributed by atoms with Crippen LogP contribution in [0.3, 0.4) is 0 Å². The SMILES string of the molecule is Cc1ccc2c(Cl)c(C(=O)N3c4ccc(F)cc4CCC3C)sc2c1. The van der Waals surface area contributed by atoms with Gasteiger partial charge >= 0.3 is 0 Å². The molecule has 1 unspecified atom stereocenters. The molecule has 4 rings (SSSR count). The zero-order valence-electron chi connectivity index (χ0n) is 14.0. The Morgan fingerprint density at radius 3 is 2.88 bits per heavy atom. The number of halogens is 2. The first-order valence-electron chi connectivity index (χ1n) is 8.26. The highest BCUT2D eigenvalue weighted by molar-refractivity contribution is 7.21. The average Bonchev–Trinajstić information content (AvgIpc) is 2.90. The molecular weight excluding hydrogens is 357 g/mol. The number of benzene rings is 2. The van der Waals surface area contributed by atoms with Crippen LogP contribution in [0.25, 0.3) is 10.1 Å². The molecule has 0 saturated carbocycles. The number of carbonyl (C=O) groups excluding carboxylic acids is 1. The second-order valence-corrected chi connectivity index (χ2v) is 8.01. The van der Waals surface area contributed by atoms with Crippen LogP contribution in [-0.2, 0) is 6.42 Å². The molecular formula is C20H17ClFNOS. The quantitative estimate of drug-likeness (QED) is 0.513. The minimum absolute atomic E-state index is 0.0495. The molecule has 2 aromatic carbocycles. The van der Waals surface area contributed by atoms with Crippen LogP contribution >= 0.6 is 22.9 Å². The summed E-state index contributed by atoms with van der Waals surface area (Å²) in [4.78, 5) is 15.6. The van der Waals surface area contributed by atoms with Gasteiger partial charge in [-0.25, -0.2) is 4.39 Å². The van der Waals surface area contributed by atoms with Crippen molar-refractivity contribution in [3.05, 3.63) is 63.2 Å². The van der Waals surface area contributed by atoms with Crippen LogP contribution in [0.5, 0.6) is 0 Å². The lowest BCUT2D eigenvalue weighted by atomic mass is 9.96. The first-order chi connectivity index (χ1) is 12.0. The van der Waals surface area contributed by atoms with E-state index in [1.165, 1.54) is 23.5 Å². The van der Waals surface area contributed by atoms with E-state index in [1.54, 1.807) is 11.0 Å². The lowest BCUT2D eigenvalue weighted by Gasteiger charge is -2.35. The van der Waals surface area contributed by atoms with E-state index in [4.69, 9.17) is 11.6 Å². The van der Waals surface area contributed by atoms with E-state index in [0.29, 0.717) is 9.90 Å². The highest BCUT2D eigenvalue weighted by Gasteiger charge is 2.31. The third-order valence-electron chi connectivity index (χ3n) is 4.77. The monoisotopic (exact) mass is 373 g/mol. The summed E-state index contributed by atoms with van der Waals surface area (Å²) in [7, 11) is 0. The van der Waals surface area contributed by atoms with Crippen molar-refractivity contribution in [2.45, 2.75) is 32.7 Å². The number of hydrogen-bond donors (Lipinski definition) is 0. The molecule has 1 aliphatic heterocycles. The van der Waals surface area contributed by atoms with Gasteiger partial charge in [-0.15, -0.1) is 11.3 Å². The van der Waals surface area contributed by atoms with Crippen molar-refractivity contribution < 1.29 is 9.18 Å². The number of aryl methyl sites for hydroxylation is 2. The Kier molecular flexibility index (Phi) is 4.05. The Hall–Kier alpha value is -1.91. The summed E-state index contributed by atoms with van der Waals surface area (Å²) >= 11 is 7.95. The van der Waals surface area contributed by atoms with Gasteiger partial charge in [-0.05, 0) is 62.1 Å². The second kappa shape index (κ2) is 6.11. The Morgan fingerprint density at radius 1 is 1.28 bits per heavy atom. The van der Waals surface area contributed by atoms with Crippen molar-refractivity contribution in [1.82, 2.24) is 0 Å². The fourth-order valence-electron chi connectivity index (χ4n) is 3.45. The summed E-state index contributed by atoms with van der Waals surface area (Å²) in [6.45, 7) is 4.04. The van der Waals surface area contributed by atoms with Gasteiger partial charge in [-0.1, -0.05) is 23.7 Å². The summed E-state index contributed by atoms with van der Waals surface area (Å²) in [6.07, 6.45) is 1.58. The van der Waals surface area contributed by atoms with E-state index in [0.717, 1.165) is 39.7 Å². The summed E-state index contributed by atoms with van der Waals surface area (Å²) in [5.41, 5.74) is 2.80. The second-order valence-electron chi connectivity index (χ2n) is 6.58. The summed E-state index contributed by atoms with van der Waals surface area (Å²) < 4.78 is 14.6. The fraction of sp³-hybridized carbons (Fsp3) is 0.250. The van der Waals surface area contributed by atoms with Crippen molar-refractivity contribution in [3.8, 4) is 0 Å². The molecule has 3 aromatic rings. The van der Waals surface area contributed by atoms with Crippen LogP contribution in [0, 0.1) is 12.7 Å². The highest BCUT2D eigenvalue weighted by Crippen LogP contribution is 2.39. The van der Waals surface area contributed by atoms with Crippen LogP contribution in [0.1, 0.15) is 34.1 Å². The maximum Gasteiger partial charge on any atom is 0.270 e. The molecule has 1 aromatic heterocycles. The lowest BCUT2D eigenvalue weighted by molar-refractivity contribution is 0.0979. The largest absolute Gasteiger partial charge is 0.305 e. The van der Waals surface area contributed by atoms with Gasteiger partial charge in [-0.3, -0.25) is 4.79 Å². The van der Waals surface area contributed by atoms with Gasteiger partial charge in [0.05, 0.1) is 5.02 Å². The van der Waals surface area contributed by atoms with Crippen LogP contribution < -0.4 is 4.90 Å². The maximum atomic E-state index is 13.6. The number of amides is 1. The number of hydrogen-bond acceptors (Lipinski definition) is 2. The average molecular weight is 374 g/mol. The molecule has 0 N–H and O–H groups in total.